The summed E-state index contributed by atoms with van der Waals surface area (Å²) in [4.78, 5) is 0. The molecule has 4 aromatic rings. The molecule has 0 aliphatic carbocycles. The third-order valence-electron chi connectivity index (χ3n) is 7.78. The molecule has 0 saturated carbocycles. The molecular formula is C36H44Br2O. The van der Waals surface area contributed by atoms with E-state index in [4.69, 9.17) is 4.74 Å². The highest BCUT2D eigenvalue weighted by Crippen LogP contribution is 2.31. The zero-order chi connectivity index (χ0) is 27.1. The molecule has 208 valence electrons. The standard InChI is InChI=1S/C36H44Br2O/c37-25-11-7-3-1-5-9-15-29-17-13-19-31-21-23-33(27-35(29)31)39-34-24-22-32-20-14-18-30(36(32)28-34)16-10-6-2-4-8-12-26-38/h13-14,17-24,27-28H,1-12,15-16,25-26H2. The van der Waals surface area contributed by atoms with Crippen LogP contribution in [0.4, 0.5) is 0 Å². The van der Waals surface area contributed by atoms with Crippen molar-refractivity contribution >= 4 is 53.4 Å². The summed E-state index contributed by atoms with van der Waals surface area (Å²) in [5, 5.41) is 7.51. The molecule has 0 unspecified atom stereocenters. The lowest BCUT2D eigenvalue weighted by Crippen LogP contribution is -1.92. The second-order valence-corrected chi connectivity index (χ2v) is 12.4. The van der Waals surface area contributed by atoms with Crippen LogP contribution >= 0.6 is 31.9 Å². The van der Waals surface area contributed by atoms with Crippen LogP contribution in [0.25, 0.3) is 21.5 Å². The van der Waals surface area contributed by atoms with Gasteiger partial charge >= 0.3 is 0 Å². The van der Waals surface area contributed by atoms with E-state index in [1.54, 1.807) is 0 Å². The lowest BCUT2D eigenvalue weighted by Gasteiger charge is -2.12. The van der Waals surface area contributed by atoms with Gasteiger partial charge in [-0.15, -0.1) is 0 Å². The van der Waals surface area contributed by atoms with Crippen LogP contribution in [0.15, 0.2) is 72.8 Å². The molecule has 0 radical (unpaired) electrons. The quantitative estimate of drug-likeness (QED) is 0.0768. The van der Waals surface area contributed by atoms with Gasteiger partial charge in [0.05, 0.1) is 0 Å². The fourth-order valence-corrected chi connectivity index (χ4v) is 6.36. The van der Waals surface area contributed by atoms with Gasteiger partial charge in [0.2, 0.25) is 0 Å². The summed E-state index contributed by atoms with van der Waals surface area (Å²) in [6, 6.07) is 26.5. The van der Waals surface area contributed by atoms with Crippen LogP contribution in [0.1, 0.15) is 88.2 Å². The number of hydrogen-bond acceptors (Lipinski definition) is 1. The second kappa shape index (κ2) is 17.1. The molecule has 39 heavy (non-hydrogen) atoms. The molecule has 0 atom stereocenters. The summed E-state index contributed by atoms with van der Waals surface area (Å²) in [7, 11) is 0. The summed E-state index contributed by atoms with van der Waals surface area (Å²) in [6.45, 7) is 0. The molecule has 1 nitrogen and oxygen atoms in total. The van der Waals surface area contributed by atoms with Crippen molar-refractivity contribution in [3.05, 3.63) is 83.9 Å². The van der Waals surface area contributed by atoms with E-state index < -0.39 is 0 Å². The van der Waals surface area contributed by atoms with E-state index in [-0.39, 0.29) is 0 Å². The topological polar surface area (TPSA) is 9.23 Å². The summed E-state index contributed by atoms with van der Waals surface area (Å²) in [6.07, 6.45) is 18.1. The largest absolute Gasteiger partial charge is 0.457 e. The minimum absolute atomic E-state index is 0.921. The minimum atomic E-state index is 0.921. The molecule has 3 heteroatoms. The number of benzene rings is 4. The van der Waals surface area contributed by atoms with Crippen LogP contribution in [-0.2, 0) is 12.8 Å². The van der Waals surface area contributed by atoms with E-state index in [1.165, 1.54) is 110 Å². The first kappa shape index (κ1) is 30.1. The smallest absolute Gasteiger partial charge is 0.128 e. The minimum Gasteiger partial charge on any atom is -0.457 e. The first-order valence-corrected chi connectivity index (χ1v) is 17.4. The van der Waals surface area contributed by atoms with E-state index in [0.29, 0.717) is 0 Å². The molecule has 0 amide bonds. The van der Waals surface area contributed by atoms with Crippen LogP contribution in [0.2, 0.25) is 0 Å². The lowest BCUT2D eigenvalue weighted by atomic mass is 9.98. The Bertz CT molecular complexity index is 1180. The Hall–Kier alpha value is -1.84. The Kier molecular flexibility index (Phi) is 13.2. The molecule has 0 spiro atoms. The van der Waals surface area contributed by atoms with E-state index in [9.17, 15) is 0 Å². The van der Waals surface area contributed by atoms with Crippen LogP contribution in [0.3, 0.4) is 0 Å². The SMILES string of the molecule is BrCCCCCCCCc1cccc2ccc(Oc3ccc4cccc(CCCCCCCCBr)c4c3)cc12. The lowest BCUT2D eigenvalue weighted by molar-refractivity contribution is 0.484. The highest BCUT2D eigenvalue weighted by Gasteiger charge is 2.07. The number of fused-ring (bicyclic) bond motifs is 2. The van der Waals surface area contributed by atoms with Crippen molar-refractivity contribution in [1.29, 1.82) is 0 Å². The zero-order valence-electron chi connectivity index (χ0n) is 23.4. The molecule has 0 aliphatic rings. The van der Waals surface area contributed by atoms with E-state index in [2.05, 4.69) is 105 Å². The number of unbranched alkanes of at least 4 members (excludes halogenated alkanes) is 10. The van der Waals surface area contributed by atoms with Crippen LogP contribution in [-0.4, -0.2) is 10.7 Å². The molecule has 0 N–H and O–H groups in total. The molecular weight excluding hydrogens is 608 g/mol. The van der Waals surface area contributed by atoms with E-state index in [1.807, 2.05) is 0 Å². The van der Waals surface area contributed by atoms with Crippen LogP contribution < -0.4 is 4.74 Å². The molecule has 0 fully saturated rings. The van der Waals surface area contributed by atoms with Crippen molar-refractivity contribution in [2.75, 3.05) is 10.7 Å². The average Bonchev–Trinajstić information content (AvgIpc) is 2.96. The summed E-state index contributed by atoms with van der Waals surface area (Å²) >= 11 is 7.07. The average molecular weight is 653 g/mol. The number of aryl methyl sites for hydroxylation is 2. The normalized spacial score (nSPS) is 11.4. The van der Waals surface area contributed by atoms with Gasteiger partial charge in [-0.2, -0.15) is 0 Å². The maximum absolute atomic E-state index is 6.46. The maximum Gasteiger partial charge on any atom is 0.128 e. The van der Waals surface area contributed by atoms with Crippen molar-refractivity contribution in [2.24, 2.45) is 0 Å². The predicted octanol–water partition coefficient (Wildman–Crippen LogP) is 12.3. The van der Waals surface area contributed by atoms with Crippen LogP contribution in [0, 0.1) is 0 Å². The Labute approximate surface area is 253 Å². The number of alkyl halides is 2. The summed E-state index contributed by atoms with van der Waals surface area (Å²) < 4.78 is 6.46. The van der Waals surface area contributed by atoms with E-state index in [0.717, 1.165) is 35.0 Å². The molecule has 4 aromatic carbocycles. The van der Waals surface area contributed by atoms with E-state index >= 15 is 0 Å². The first-order chi connectivity index (χ1) is 19.3. The summed E-state index contributed by atoms with van der Waals surface area (Å²) in [5.41, 5.74) is 2.87. The number of ether oxygens (including phenoxy) is 1. The molecule has 0 aromatic heterocycles. The van der Waals surface area contributed by atoms with Crippen molar-refractivity contribution in [2.45, 2.75) is 89.9 Å². The maximum atomic E-state index is 6.46. The molecule has 0 bridgehead atoms. The predicted molar refractivity (Wildman–Crippen MR) is 178 cm³/mol. The van der Waals surface area contributed by atoms with Gasteiger partial charge in [-0.05, 0) is 95.5 Å². The van der Waals surface area contributed by atoms with Gasteiger partial charge in [-0.25, -0.2) is 0 Å². The van der Waals surface area contributed by atoms with Gasteiger partial charge < -0.3 is 4.74 Å². The van der Waals surface area contributed by atoms with Crippen molar-refractivity contribution < 1.29 is 4.74 Å². The highest BCUT2D eigenvalue weighted by atomic mass is 79.9. The Morgan fingerprint density at radius 1 is 0.436 bits per heavy atom. The van der Waals surface area contributed by atoms with Crippen molar-refractivity contribution in [3.63, 3.8) is 0 Å². The molecule has 4 rings (SSSR count). The van der Waals surface area contributed by atoms with Gasteiger partial charge in [0, 0.05) is 10.7 Å². The Morgan fingerprint density at radius 3 is 1.28 bits per heavy atom. The van der Waals surface area contributed by atoms with Gasteiger partial charge in [0.25, 0.3) is 0 Å². The fraction of sp³-hybridized carbons (Fsp3) is 0.444. The highest BCUT2D eigenvalue weighted by molar-refractivity contribution is 9.09. The van der Waals surface area contributed by atoms with Gasteiger partial charge in [-0.1, -0.05) is 132 Å². The molecule has 0 heterocycles. The Morgan fingerprint density at radius 2 is 0.846 bits per heavy atom. The number of rotatable bonds is 18. The van der Waals surface area contributed by atoms with Gasteiger partial charge in [0.15, 0.2) is 0 Å². The Balaban J connectivity index is 1.39. The first-order valence-electron chi connectivity index (χ1n) is 15.1. The van der Waals surface area contributed by atoms with Crippen LogP contribution in [0.5, 0.6) is 11.5 Å². The number of halogens is 2. The van der Waals surface area contributed by atoms with Gasteiger partial charge in [-0.3, -0.25) is 0 Å². The molecule has 0 aliphatic heterocycles. The number of hydrogen-bond donors (Lipinski definition) is 0. The fourth-order valence-electron chi connectivity index (χ4n) is 5.57. The van der Waals surface area contributed by atoms with Crippen molar-refractivity contribution in [3.8, 4) is 11.5 Å². The van der Waals surface area contributed by atoms with Gasteiger partial charge in [0.1, 0.15) is 11.5 Å². The third-order valence-corrected chi connectivity index (χ3v) is 8.90. The van der Waals surface area contributed by atoms with Crippen molar-refractivity contribution in [1.82, 2.24) is 0 Å². The molecule has 0 saturated heterocycles. The second-order valence-electron chi connectivity index (χ2n) is 10.8. The monoisotopic (exact) mass is 650 g/mol. The summed E-state index contributed by atoms with van der Waals surface area (Å²) in [5.74, 6) is 1.84. The third kappa shape index (κ3) is 9.64. The zero-order valence-corrected chi connectivity index (χ0v) is 26.6.